The number of rotatable bonds is 7. The third-order valence-corrected chi connectivity index (χ3v) is 3.24. The van der Waals surface area contributed by atoms with Crippen LogP contribution in [0.4, 0.5) is 11.4 Å². The number of nitrogens with zero attached hydrogens (tertiary/aromatic N) is 1. The number of methoxy groups -OCH3 is 1. The molecule has 0 radical (unpaired) electrons. The predicted octanol–water partition coefficient (Wildman–Crippen LogP) is 3.64. The summed E-state index contributed by atoms with van der Waals surface area (Å²) < 4.78 is 10.7. The lowest BCUT2D eigenvalue weighted by atomic mass is 10.1. The van der Waals surface area contributed by atoms with E-state index in [4.69, 9.17) is 9.47 Å². The van der Waals surface area contributed by atoms with Gasteiger partial charge in [-0.05, 0) is 24.6 Å². The normalized spacial score (nSPS) is 10.1. The highest BCUT2D eigenvalue weighted by Gasteiger charge is 2.16. The van der Waals surface area contributed by atoms with Gasteiger partial charge in [0.15, 0.2) is 0 Å². The van der Waals surface area contributed by atoms with Gasteiger partial charge in [-0.1, -0.05) is 19.1 Å². The van der Waals surface area contributed by atoms with Crippen LogP contribution >= 0.6 is 0 Å². The summed E-state index contributed by atoms with van der Waals surface area (Å²) >= 11 is 0. The van der Waals surface area contributed by atoms with E-state index in [0.717, 1.165) is 6.42 Å². The van der Waals surface area contributed by atoms with E-state index in [1.807, 2.05) is 6.92 Å². The van der Waals surface area contributed by atoms with Gasteiger partial charge >= 0.3 is 0 Å². The minimum Gasteiger partial charge on any atom is -0.494 e. The van der Waals surface area contributed by atoms with Crippen molar-refractivity contribution in [1.29, 1.82) is 0 Å². The maximum absolute atomic E-state index is 12.5. The number of ether oxygens (including phenoxy) is 2. The number of carbonyl (C=O) groups is 1. The van der Waals surface area contributed by atoms with Crippen LogP contribution < -0.4 is 14.8 Å². The number of para-hydroxylation sites is 1. The third-order valence-electron chi connectivity index (χ3n) is 3.24. The zero-order valence-corrected chi connectivity index (χ0v) is 13.4. The molecule has 1 N–H and O–H groups in total. The molecule has 24 heavy (non-hydrogen) atoms. The minimum absolute atomic E-state index is 0.114. The summed E-state index contributed by atoms with van der Waals surface area (Å²) in [7, 11) is 1.38. The smallest absolute Gasteiger partial charge is 0.273 e. The Labute approximate surface area is 139 Å². The van der Waals surface area contributed by atoms with Gasteiger partial charge in [-0.25, -0.2) is 0 Å². The molecule has 0 fully saturated rings. The molecule has 0 aliphatic rings. The van der Waals surface area contributed by atoms with E-state index < -0.39 is 4.92 Å². The van der Waals surface area contributed by atoms with Crippen LogP contribution in [0.1, 0.15) is 23.7 Å². The molecule has 2 aromatic rings. The van der Waals surface area contributed by atoms with Gasteiger partial charge in [0.05, 0.1) is 36.0 Å². The molecule has 1 amide bonds. The molecule has 7 heteroatoms. The summed E-state index contributed by atoms with van der Waals surface area (Å²) in [6.45, 7) is 2.48. The van der Waals surface area contributed by atoms with Crippen molar-refractivity contribution in [3.8, 4) is 11.5 Å². The number of nitrogens with one attached hydrogen (secondary N) is 1. The van der Waals surface area contributed by atoms with Gasteiger partial charge < -0.3 is 14.8 Å². The second-order valence-electron chi connectivity index (χ2n) is 4.94. The molecule has 0 saturated carbocycles. The molecule has 0 aliphatic carbocycles. The summed E-state index contributed by atoms with van der Waals surface area (Å²) in [5.41, 5.74) is 0.612. The monoisotopic (exact) mass is 330 g/mol. The van der Waals surface area contributed by atoms with Crippen LogP contribution in [-0.4, -0.2) is 24.5 Å². The van der Waals surface area contributed by atoms with Crippen molar-refractivity contribution in [2.45, 2.75) is 13.3 Å². The number of hydrogen-bond acceptors (Lipinski definition) is 5. The van der Waals surface area contributed by atoms with Crippen molar-refractivity contribution in [3.05, 3.63) is 58.1 Å². The van der Waals surface area contributed by atoms with Crippen molar-refractivity contribution in [3.63, 3.8) is 0 Å². The van der Waals surface area contributed by atoms with E-state index in [1.54, 1.807) is 24.3 Å². The molecule has 0 atom stereocenters. The van der Waals surface area contributed by atoms with E-state index in [2.05, 4.69) is 5.32 Å². The lowest BCUT2D eigenvalue weighted by Gasteiger charge is -2.13. The highest BCUT2D eigenvalue weighted by atomic mass is 16.6. The summed E-state index contributed by atoms with van der Waals surface area (Å²) in [6, 6.07) is 10.9. The van der Waals surface area contributed by atoms with Gasteiger partial charge in [0.2, 0.25) is 0 Å². The van der Waals surface area contributed by atoms with Crippen LogP contribution in [-0.2, 0) is 0 Å². The standard InChI is InChI=1S/C17H18N2O5/c1-3-10-24-15-7-5-4-6-13(15)17(20)18-14-9-8-12(19(21)22)11-16(14)23-2/h4-9,11H,3,10H2,1-2H3,(H,18,20). The fraction of sp³-hybridized carbons (Fsp3) is 0.235. The molecule has 2 rings (SSSR count). The number of benzene rings is 2. The second kappa shape index (κ2) is 7.96. The fourth-order valence-corrected chi connectivity index (χ4v) is 2.08. The first-order valence-electron chi connectivity index (χ1n) is 7.42. The Morgan fingerprint density at radius 1 is 1.21 bits per heavy atom. The molecule has 0 aliphatic heterocycles. The number of anilines is 1. The van der Waals surface area contributed by atoms with Crippen molar-refractivity contribution >= 4 is 17.3 Å². The van der Waals surface area contributed by atoms with Crippen LogP contribution in [0.25, 0.3) is 0 Å². The van der Waals surface area contributed by atoms with E-state index in [1.165, 1.54) is 25.3 Å². The number of non-ortho nitro benzene ring substituents is 1. The van der Waals surface area contributed by atoms with Crippen LogP contribution in [0.15, 0.2) is 42.5 Å². The van der Waals surface area contributed by atoms with Gasteiger partial charge in [-0.15, -0.1) is 0 Å². The Morgan fingerprint density at radius 3 is 2.62 bits per heavy atom. The molecule has 0 spiro atoms. The van der Waals surface area contributed by atoms with E-state index in [0.29, 0.717) is 23.6 Å². The average Bonchev–Trinajstić information content (AvgIpc) is 2.60. The topological polar surface area (TPSA) is 90.7 Å². The Balaban J connectivity index is 2.25. The van der Waals surface area contributed by atoms with Crippen LogP contribution in [0.3, 0.4) is 0 Å². The van der Waals surface area contributed by atoms with Gasteiger partial charge in [-0.3, -0.25) is 14.9 Å². The minimum atomic E-state index is -0.526. The number of carbonyl (C=O) groups excluding carboxylic acids is 1. The Kier molecular flexibility index (Phi) is 5.73. The molecular formula is C17H18N2O5. The molecular weight excluding hydrogens is 312 g/mol. The number of nitro benzene ring substituents is 1. The van der Waals surface area contributed by atoms with Crippen LogP contribution in [0.2, 0.25) is 0 Å². The van der Waals surface area contributed by atoms with E-state index in [-0.39, 0.29) is 17.3 Å². The first-order chi connectivity index (χ1) is 11.6. The molecule has 2 aromatic carbocycles. The Bertz CT molecular complexity index is 746. The fourth-order valence-electron chi connectivity index (χ4n) is 2.08. The van der Waals surface area contributed by atoms with Crippen molar-refractivity contribution < 1.29 is 19.2 Å². The zero-order valence-electron chi connectivity index (χ0n) is 13.4. The largest absolute Gasteiger partial charge is 0.494 e. The number of hydrogen-bond donors (Lipinski definition) is 1. The first-order valence-corrected chi connectivity index (χ1v) is 7.42. The van der Waals surface area contributed by atoms with Gasteiger partial charge in [0.25, 0.3) is 11.6 Å². The van der Waals surface area contributed by atoms with Crippen molar-refractivity contribution in [1.82, 2.24) is 0 Å². The Morgan fingerprint density at radius 2 is 1.96 bits per heavy atom. The molecule has 0 aromatic heterocycles. The molecule has 0 heterocycles. The number of nitro groups is 1. The van der Waals surface area contributed by atoms with Crippen molar-refractivity contribution in [2.24, 2.45) is 0 Å². The predicted molar refractivity (Wildman–Crippen MR) is 89.8 cm³/mol. The summed E-state index contributed by atoms with van der Waals surface area (Å²) in [5.74, 6) is 0.316. The molecule has 7 nitrogen and oxygen atoms in total. The third kappa shape index (κ3) is 4.01. The van der Waals surface area contributed by atoms with Gasteiger partial charge in [0.1, 0.15) is 11.5 Å². The van der Waals surface area contributed by atoms with Crippen molar-refractivity contribution in [2.75, 3.05) is 19.0 Å². The molecule has 0 saturated heterocycles. The van der Waals surface area contributed by atoms with Crippen LogP contribution in [0.5, 0.6) is 11.5 Å². The molecule has 0 unspecified atom stereocenters. The van der Waals surface area contributed by atoms with E-state index in [9.17, 15) is 14.9 Å². The van der Waals surface area contributed by atoms with Crippen LogP contribution in [0, 0.1) is 10.1 Å². The summed E-state index contributed by atoms with van der Waals surface area (Å²) in [6.07, 6.45) is 0.826. The maximum atomic E-state index is 12.5. The average molecular weight is 330 g/mol. The first kappa shape index (κ1) is 17.3. The lowest BCUT2D eigenvalue weighted by molar-refractivity contribution is -0.384. The highest BCUT2D eigenvalue weighted by Crippen LogP contribution is 2.30. The maximum Gasteiger partial charge on any atom is 0.273 e. The lowest BCUT2D eigenvalue weighted by Crippen LogP contribution is -2.14. The second-order valence-corrected chi connectivity index (χ2v) is 4.94. The zero-order chi connectivity index (χ0) is 17.5. The highest BCUT2D eigenvalue weighted by molar-refractivity contribution is 6.06. The SMILES string of the molecule is CCCOc1ccccc1C(=O)Nc1ccc([N+](=O)[O-])cc1OC. The molecule has 0 bridgehead atoms. The summed E-state index contributed by atoms with van der Waals surface area (Å²) in [5, 5.41) is 13.5. The summed E-state index contributed by atoms with van der Waals surface area (Å²) in [4.78, 5) is 22.8. The Hall–Kier alpha value is -3.09. The number of amides is 1. The molecule has 126 valence electrons. The van der Waals surface area contributed by atoms with Gasteiger partial charge in [-0.2, -0.15) is 0 Å². The quantitative estimate of drug-likeness (QED) is 0.618. The van der Waals surface area contributed by atoms with E-state index >= 15 is 0 Å². The van der Waals surface area contributed by atoms with Gasteiger partial charge in [0, 0.05) is 6.07 Å².